The molecule has 8 aromatic carbocycles. The first-order chi connectivity index (χ1) is 22.4. The van der Waals surface area contributed by atoms with Gasteiger partial charge in [-0.15, -0.1) is 0 Å². The summed E-state index contributed by atoms with van der Waals surface area (Å²) in [4.78, 5) is 0. The second-order valence-corrected chi connectivity index (χ2v) is 10.5. The van der Waals surface area contributed by atoms with Crippen molar-refractivity contribution >= 4 is 65.0 Å². The number of rotatable bonds is 2. The van der Waals surface area contributed by atoms with Gasteiger partial charge in [0, 0.05) is 21.7 Å². The monoisotopic (exact) mass is 525 g/mol. The number of hydrogen-bond acceptors (Lipinski definition) is 1. The van der Waals surface area contributed by atoms with Gasteiger partial charge in [0.1, 0.15) is 11.2 Å². The van der Waals surface area contributed by atoms with Gasteiger partial charge in [-0.1, -0.05) is 127 Å². The summed E-state index contributed by atoms with van der Waals surface area (Å²) in [6.45, 7) is 0. The first-order valence-electron chi connectivity index (χ1n) is 16.2. The Morgan fingerprint density at radius 2 is 1.12 bits per heavy atom. The summed E-state index contributed by atoms with van der Waals surface area (Å²) in [6.07, 6.45) is 0. The lowest BCUT2D eigenvalue weighted by molar-refractivity contribution is 0.673. The van der Waals surface area contributed by atoms with Gasteiger partial charge in [0.05, 0.1) is 6.85 Å². The molecule has 0 spiro atoms. The summed E-state index contributed by atoms with van der Waals surface area (Å²) >= 11 is 0. The van der Waals surface area contributed by atoms with Gasteiger partial charge in [-0.3, -0.25) is 0 Å². The van der Waals surface area contributed by atoms with Crippen LogP contribution in [0.4, 0.5) is 0 Å². The molecule has 1 heteroatoms. The number of fused-ring (bicyclic) bond motifs is 9. The molecule has 0 radical (unpaired) electrons. The van der Waals surface area contributed by atoms with Crippen LogP contribution < -0.4 is 0 Å². The molecule has 0 fully saturated rings. The Balaban J connectivity index is 1.57. The summed E-state index contributed by atoms with van der Waals surface area (Å²) < 4.78 is 50.0. The van der Waals surface area contributed by atoms with E-state index in [0.29, 0.717) is 11.1 Å². The predicted octanol–water partition coefficient (Wildman–Crippen LogP) is 11.5. The molecule has 0 bridgehead atoms. The van der Waals surface area contributed by atoms with E-state index < -0.39 is 6.04 Å². The molecule has 0 N–H and O–H groups in total. The summed E-state index contributed by atoms with van der Waals surface area (Å²) in [5, 5.41) is 10.2. The van der Waals surface area contributed by atoms with E-state index in [1.807, 2.05) is 48.5 Å². The molecule has 9 rings (SSSR count). The van der Waals surface area contributed by atoms with Gasteiger partial charge in [0.25, 0.3) is 0 Å². The molecule has 41 heavy (non-hydrogen) atoms. The zero-order valence-electron chi connectivity index (χ0n) is 26.9. The zero-order chi connectivity index (χ0) is 31.3. The van der Waals surface area contributed by atoms with Crippen molar-refractivity contribution in [2.75, 3.05) is 0 Å². The van der Waals surface area contributed by atoms with Crippen molar-refractivity contribution in [3.63, 3.8) is 0 Å². The van der Waals surface area contributed by atoms with E-state index in [0.717, 1.165) is 70.6 Å². The highest BCUT2D eigenvalue weighted by atomic mass is 16.3. The molecule has 0 saturated heterocycles. The Morgan fingerprint density at radius 3 is 1.93 bits per heavy atom. The molecule has 0 unspecified atom stereocenters. The van der Waals surface area contributed by atoms with Crippen molar-refractivity contribution in [3.8, 4) is 22.3 Å². The minimum atomic E-state index is -0.413. The Labute approximate surface area is 243 Å². The largest absolute Gasteiger partial charge is 0.455 e. The molecule has 0 aliphatic rings. The fourth-order valence-electron chi connectivity index (χ4n) is 6.54. The minimum Gasteiger partial charge on any atom is -0.455 e. The zero-order valence-corrected chi connectivity index (χ0v) is 21.9. The minimum absolute atomic E-state index is 0.167. The standard InChI is InChI=1S/C40H24O/c1-2-10-25(11-3-1)31-22-23-36-38(34-21-19-27-13-5-9-17-32(27)40(34)41-36)39(31)37-30-16-8-6-14-28(30)24-35-29-15-7-4-12-26(29)18-20-33(35)37/h1-24H/i1D,2D,3D,10D,11D. The molecular formula is C40H24O. The van der Waals surface area contributed by atoms with E-state index in [9.17, 15) is 0 Å². The average molecular weight is 526 g/mol. The van der Waals surface area contributed by atoms with E-state index in [1.165, 1.54) is 0 Å². The lowest BCUT2D eigenvalue weighted by atomic mass is 9.84. The lowest BCUT2D eigenvalue weighted by Gasteiger charge is -2.18. The molecule has 1 nitrogen and oxygen atoms in total. The van der Waals surface area contributed by atoms with Gasteiger partial charge < -0.3 is 4.42 Å². The number of furan rings is 1. The average Bonchev–Trinajstić information content (AvgIpc) is 3.48. The number of hydrogen-bond donors (Lipinski definition) is 0. The van der Waals surface area contributed by atoms with Crippen LogP contribution in [-0.4, -0.2) is 0 Å². The second-order valence-electron chi connectivity index (χ2n) is 10.5. The van der Waals surface area contributed by atoms with Crippen LogP contribution in [0, 0.1) is 0 Å². The maximum absolute atomic E-state index is 9.01. The van der Waals surface area contributed by atoms with Crippen LogP contribution in [0.15, 0.2) is 150 Å². The van der Waals surface area contributed by atoms with Gasteiger partial charge in [0.2, 0.25) is 0 Å². The molecule has 190 valence electrons. The molecule has 0 amide bonds. The fourth-order valence-corrected chi connectivity index (χ4v) is 6.54. The third kappa shape index (κ3) is 3.24. The first-order valence-corrected chi connectivity index (χ1v) is 13.7. The van der Waals surface area contributed by atoms with Gasteiger partial charge in [0.15, 0.2) is 0 Å². The van der Waals surface area contributed by atoms with Crippen molar-refractivity contribution in [2.45, 2.75) is 0 Å². The van der Waals surface area contributed by atoms with Crippen LogP contribution >= 0.6 is 0 Å². The summed E-state index contributed by atoms with van der Waals surface area (Å²) in [5.74, 6) is 0. The van der Waals surface area contributed by atoms with E-state index >= 15 is 0 Å². The van der Waals surface area contributed by atoms with E-state index in [2.05, 4.69) is 66.7 Å². The Bertz CT molecular complexity index is 2730. The third-order valence-corrected chi connectivity index (χ3v) is 8.32. The summed E-state index contributed by atoms with van der Waals surface area (Å²) in [6, 6.07) is 37.4. The topological polar surface area (TPSA) is 13.1 Å². The van der Waals surface area contributed by atoms with Crippen molar-refractivity contribution in [3.05, 3.63) is 145 Å². The molecule has 0 aliphatic heterocycles. The second kappa shape index (κ2) is 8.55. The van der Waals surface area contributed by atoms with Gasteiger partial charge in [-0.25, -0.2) is 0 Å². The van der Waals surface area contributed by atoms with Crippen LogP contribution in [0.1, 0.15) is 6.85 Å². The SMILES string of the molecule is [2H]c1c([2H])c([2H])c(-c2ccc3oc4c5ccccc5ccc4c3c2-c2c3ccccc3cc3c2ccc2ccccc23)c([2H])c1[2H]. The quantitative estimate of drug-likeness (QED) is 0.162. The lowest BCUT2D eigenvalue weighted by Crippen LogP contribution is -1.91. The molecule has 1 heterocycles. The van der Waals surface area contributed by atoms with Crippen LogP contribution in [0.2, 0.25) is 0 Å². The Kier molecular flexibility index (Phi) is 3.76. The number of benzene rings is 8. The van der Waals surface area contributed by atoms with Gasteiger partial charge >= 0.3 is 0 Å². The normalized spacial score (nSPS) is 13.6. The van der Waals surface area contributed by atoms with Gasteiger partial charge in [-0.05, 0) is 72.6 Å². The highest BCUT2D eigenvalue weighted by molar-refractivity contribution is 6.28. The van der Waals surface area contributed by atoms with Crippen LogP contribution in [0.3, 0.4) is 0 Å². The van der Waals surface area contributed by atoms with Crippen LogP contribution in [0.5, 0.6) is 0 Å². The maximum Gasteiger partial charge on any atom is 0.143 e. The summed E-state index contributed by atoms with van der Waals surface area (Å²) in [7, 11) is 0. The van der Waals surface area contributed by atoms with Crippen molar-refractivity contribution in [1.29, 1.82) is 0 Å². The smallest absolute Gasteiger partial charge is 0.143 e. The van der Waals surface area contributed by atoms with E-state index in [1.54, 1.807) is 0 Å². The summed E-state index contributed by atoms with van der Waals surface area (Å²) in [5.41, 5.74) is 3.86. The molecular weight excluding hydrogens is 496 g/mol. The van der Waals surface area contributed by atoms with Crippen molar-refractivity contribution in [2.24, 2.45) is 0 Å². The van der Waals surface area contributed by atoms with Crippen molar-refractivity contribution in [1.82, 2.24) is 0 Å². The van der Waals surface area contributed by atoms with Crippen LogP contribution in [0.25, 0.3) is 87.3 Å². The van der Waals surface area contributed by atoms with E-state index in [-0.39, 0.29) is 29.7 Å². The molecule has 0 saturated carbocycles. The molecule has 0 atom stereocenters. The van der Waals surface area contributed by atoms with Crippen molar-refractivity contribution < 1.29 is 11.3 Å². The Morgan fingerprint density at radius 1 is 0.463 bits per heavy atom. The maximum atomic E-state index is 9.01. The van der Waals surface area contributed by atoms with E-state index in [4.69, 9.17) is 11.3 Å². The molecule has 0 aliphatic carbocycles. The Hall–Kier alpha value is -5.40. The molecule has 1 aromatic heterocycles. The fraction of sp³-hybridized carbons (Fsp3) is 0. The highest BCUT2D eigenvalue weighted by Crippen LogP contribution is 2.49. The van der Waals surface area contributed by atoms with Crippen LogP contribution in [-0.2, 0) is 0 Å². The molecule has 9 aromatic rings. The highest BCUT2D eigenvalue weighted by Gasteiger charge is 2.22. The van der Waals surface area contributed by atoms with Gasteiger partial charge in [-0.2, -0.15) is 0 Å². The first kappa shape index (κ1) is 18.0. The predicted molar refractivity (Wildman–Crippen MR) is 175 cm³/mol. The third-order valence-electron chi connectivity index (χ3n) is 8.32.